The summed E-state index contributed by atoms with van der Waals surface area (Å²) in [4.78, 5) is 10.7. The molecule has 15 heavy (non-hydrogen) atoms. The monoisotopic (exact) mass is 216 g/mol. The first-order valence-electron chi connectivity index (χ1n) is 4.23. The molecule has 0 radical (unpaired) electrons. The van der Waals surface area contributed by atoms with Gasteiger partial charge in [0, 0.05) is 5.56 Å². The zero-order chi connectivity index (χ0) is 11.6. The third kappa shape index (κ3) is 2.06. The van der Waals surface area contributed by atoms with Gasteiger partial charge in [0.05, 0.1) is 13.0 Å². The van der Waals surface area contributed by atoms with E-state index >= 15 is 0 Å². The van der Waals surface area contributed by atoms with Crippen LogP contribution in [0.1, 0.15) is 18.4 Å². The zero-order valence-corrected chi connectivity index (χ0v) is 8.25. The molecular weight excluding hydrogens is 206 g/mol. The SMILES string of the molecule is COc1c(C(C)C(=O)O)ccc(F)c1F. The number of carboxylic acids is 1. The molecule has 0 spiro atoms. The van der Waals surface area contributed by atoms with E-state index in [1.54, 1.807) is 0 Å². The molecule has 1 atom stereocenters. The fourth-order valence-corrected chi connectivity index (χ4v) is 1.23. The lowest BCUT2D eigenvalue weighted by molar-refractivity contribution is -0.138. The molecule has 0 bridgehead atoms. The van der Waals surface area contributed by atoms with E-state index < -0.39 is 23.5 Å². The molecule has 0 saturated heterocycles. The van der Waals surface area contributed by atoms with E-state index in [0.717, 1.165) is 13.2 Å². The number of benzene rings is 1. The van der Waals surface area contributed by atoms with Crippen LogP contribution >= 0.6 is 0 Å². The fraction of sp³-hybridized carbons (Fsp3) is 0.300. The summed E-state index contributed by atoms with van der Waals surface area (Å²) in [5.41, 5.74) is 0.115. The van der Waals surface area contributed by atoms with E-state index in [4.69, 9.17) is 5.11 Å². The minimum absolute atomic E-state index is 0.115. The van der Waals surface area contributed by atoms with Crippen LogP contribution in [-0.4, -0.2) is 18.2 Å². The van der Waals surface area contributed by atoms with Gasteiger partial charge in [0.15, 0.2) is 11.6 Å². The quantitative estimate of drug-likeness (QED) is 0.842. The van der Waals surface area contributed by atoms with Crippen LogP contribution in [0.2, 0.25) is 0 Å². The molecule has 0 aromatic heterocycles. The van der Waals surface area contributed by atoms with Crippen LogP contribution in [0.5, 0.6) is 5.75 Å². The van der Waals surface area contributed by atoms with Gasteiger partial charge in [0.2, 0.25) is 5.82 Å². The molecule has 5 heteroatoms. The van der Waals surface area contributed by atoms with Crippen LogP contribution < -0.4 is 4.74 Å². The first-order valence-corrected chi connectivity index (χ1v) is 4.23. The number of hydrogen-bond donors (Lipinski definition) is 1. The van der Waals surface area contributed by atoms with E-state index in [1.807, 2.05) is 0 Å². The summed E-state index contributed by atoms with van der Waals surface area (Å²) in [7, 11) is 1.16. The summed E-state index contributed by atoms with van der Waals surface area (Å²) in [6.07, 6.45) is 0. The Morgan fingerprint density at radius 3 is 2.53 bits per heavy atom. The molecule has 1 unspecified atom stereocenters. The van der Waals surface area contributed by atoms with Crippen molar-refractivity contribution in [3.05, 3.63) is 29.3 Å². The summed E-state index contributed by atoms with van der Waals surface area (Å²) < 4.78 is 30.7. The fourth-order valence-electron chi connectivity index (χ4n) is 1.23. The number of aliphatic carboxylic acids is 1. The molecule has 0 aliphatic heterocycles. The molecule has 0 fully saturated rings. The number of carboxylic acid groups (broad SMARTS) is 1. The average molecular weight is 216 g/mol. The minimum atomic E-state index is -1.16. The topological polar surface area (TPSA) is 46.5 Å². The summed E-state index contributed by atoms with van der Waals surface area (Å²) in [5, 5.41) is 8.74. The number of carbonyl (C=O) groups is 1. The lowest BCUT2D eigenvalue weighted by Gasteiger charge is -2.12. The predicted molar refractivity (Wildman–Crippen MR) is 49.0 cm³/mol. The largest absolute Gasteiger partial charge is 0.493 e. The molecule has 0 heterocycles. The highest BCUT2D eigenvalue weighted by Gasteiger charge is 2.22. The van der Waals surface area contributed by atoms with E-state index in [0.29, 0.717) is 0 Å². The molecule has 0 aliphatic carbocycles. The lowest BCUT2D eigenvalue weighted by atomic mass is 10.00. The van der Waals surface area contributed by atoms with Gasteiger partial charge in [-0.15, -0.1) is 0 Å². The van der Waals surface area contributed by atoms with Gasteiger partial charge < -0.3 is 9.84 Å². The van der Waals surface area contributed by atoms with Gasteiger partial charge in [-0.1, -0.05) is 6.07 Å². The van der Waals surface area contributed by atoms with Crippen LogP contribution in [0.25, 0.3) is 0 Å². The Kier molecular flexibility index (Phi) is 3.24. The van der Waals surface area contributed by atoms with Gasteiger partial charge in [-0.05, 0) is 13.0 Å². The third-order valence-corrected chi connectivity index (χ3v) is 2.12. The number of methoxy groups -OCH3 is 1. The molecule has 0 saturated carbocycles. The Morgan fingerprint density at radius 2 is 2.07 bits per heavy atom. The van der Waals surface area contributed by atoms with Crippen LogP contribution in [0.15, 0.2) is 12.1 Å². The lowest BCUT2D eigenvalue weighted by Crippen LogP contribution is -2.10. The van der Waals surface area contributed by atoms with E-state index in [1.165, 1.54) is 13.0 Å². The molecule has 1 rings (SSSR count). The molecule has 82 valence electrons. The molecule has 1 aromatic carbocycles. The van der Waals surface area contributed by atoms with E-state index in [-0.39, 0.29) is 11.3 Å². The molecule has 0 amide bonds. The second-order valence-electron chi connectivity index (χ2n) is 3.04. The Morgan fingerprint density at radius 1 is 1.47 bits per heavy atom. The van der Waals surface area contributed by atoms with E-state index in [9.17, 15) is 13.6 Å². The maximum absolute atomic E-state index is 13.2. The molecule has 3 nitrogen and oxygen atoms in total. The summed E-state index contributed by atoms with van der Waals surface area (Å²) in [6, 6.07) is 2.09. The summed E-state index contributed by atoms with van der Waals surface area (Å²) in [6.45, 7) is 1.37. The molecule has 1 aromatic rings. The summed E-state index contributed by atoms with van der Waals surface area (Å²) >= 11 is 0. The first-order chi connectivity index (χ1) is 6.99. The normalized spacial score (nSPS) is 12.3. The van der Waals surface area contributed by atoms with Crippen LogP contribution in [0, 0.1) is 11.6 Å². The second kappa shape index (κ2) is 4.25. The highest BCUT2D eigenvalue weighted by molar-refractivity contribution is 5.76. The van der Waals surface area contributed by atoms with Crippen molar-refractivity contribution >= 4 is 5.97 Å². The van der Waals surface area contributed by atoms with E-state index in [2.05, 4.69) is 4.74 Å². The van der Waals surface area contributed by atoms with Gasteiger partial charge in [-0.2, -0.15) is 4.39 Å². The van der Waals surface area contributed by atoms with Crippen molar-refractivity contribution < 1.29 is 23.4 Å². The van der Waals surface area contributed by atoms with Crippen LogP contribution in [-0.2, 0) is 4.79 Å². The number of hydrogen-bond acceptors (Lipinski definition) is 2. The Hall–Kier alpha value is -1.65. The van der Waals surface area contributed by atoms with Crippen molar-refractivity contribution in [3.8, 4) is 5.75 Å². The van der Waals surface area contributed by atoms with Crippen molar-refractivity contribution in [2.45, 2.75) is 12.8 Å². The Labute approximate surface area is 85.3 Å². The maximum Gasteiger partial charge on any atom is 0.310 e. The highest BCUT2D eigenvalue weighted by Crippen LogP contribution is 2.30. The number of rotatable bonds is 3. The number of halogens is 2. The van der Waals surface area contributed by atoms with Gasteiger partial charge in [-0.3, -0.25) is 4.79 Å². The Bertz CT molecular complexity index is 390. The van der Waals surface area contributed by atoms with Crippen LogP contribution in [0.3, 0.4) is 0 Å². The third-order valence-electron chi connectivity index (χ3n) is 2.12. The van der Waals surface area contributed by atoms with Crippen LogP contribution in [0.4, 0.5) is 8.78 Å². The van der Waals surface area contributed by atoms with Crippen molar-refractivity contribution in [1.82, 2.24) is 0 Å². The van der Waals surface area contributed by atoms with Crippen molar-refractivity contribution in [2.75, 3.05) is 7.11 Å². The molecular formula is C10H10F2O3. The standard InChI is InChI=1S/C10H10F2O3/c1-5(10(13)14)6-3-4-7(11)8(12)9(6)15-2/h3-5H,1-2H3,(H,13,14). The smallest absolute Gasteiger partial charge is 0.310 e. The van der Waals surface area contributed by atoms with Gasteiger partial charge in [-0.25, -0.2) is 4.39 Å². The van der Waals surface area contributed by atoms with Crippen molar-refractivity contribution in [3.63, 3.8) is 0 Å². The van der Waals surface area contributed by atoms with Gasteiger partial charge in [0.25, 0.3) is 0 Å². The van der Waals surface area contributed by atoms with Gasteiger partial charge in [0.1, 0.15) is 0 Å². The molecule has 0 aliphatic rings. The maximum atomic E-state index is 13.2. The minimum Gasteiger partial charge on any atom is -0.493 e. The predicted octanol–water partition coefficient (Wildman–Crippen LogP) is 2.16. The first kappa shape index (κ1) is 11.4. The number of ether oxygens (including phenoxy) is 1. The van der Waals surface area contributed by atoms with Crippen molar-refractivity contribution in [2.24, 2.45) is 0 Å². The summed E-state index contributed by atoms with van der Waals surface area (Å²) in [5.74, 6) is -4.66. The van der Waals surface area contributed by atoms with Gasteiger partial charge >= 0.3 is 5.97 Å². The molecule has 1 N–H and O–H groups in total. The van der Waals surface area contributed by atoms with Crippen molar-refractivity contribution in [1.29, 1.82) is 0 Å². The highest BCUT2D eigenvalue weighted by atomic mass is 19.2. The second-order valence-corrected chi connectivity index (χ2v) is 3.04. The Balaban J connectivity index is 3.30. The average Bonchev–Trinajstić information content (AvgIpc) is 2.20. The zero-order valence-electron chi connectivity index (χ0n) is 8.25.